The maximum absolute atomic E-state index is 12.9. The minimum atomic E-state index is -3.31. The van der Waals surface area contributed by atoms with Gasteiger partial charge in [-0.3, -0.25) is 4.79 Å². The number of hydrogen-bond acceptors (Lipinski definition) is 8. The van der Waals surface area contributed by atoms with Crippen molar-refractivity contribution in [3.63, 3.8) is 0 Å². The molecule has 0 bridgehead atoms. The summed E-state index contributed by atoms with van der Waals surface area (Å²) in [5, 5.41) is 6.43. The van der Waals surface area contributed by atoms with Crippen molar-refractivity contribution in [1.29, 1.82) is 0 Å². The van der Waals surface area contributed by atoms with Gasteiger partial charge in [-0.15, -0.1) is 0 Å². The molecule has 1 aromatic heterocycles. The Morgan fingerprint density at radius 2 is 1.77 bits per heavy atom. The smallest absolute Gasteiger partial charge is 0.279 e. The van der Waals surface area contributed by atoms with Crippen LogP contribution in [0, 0.1) is 0 Å². The Bertz CT molecular complexity index is 1040. The Labute approximate surface area is 174 Å². The number of nitrogens with one attached hydrogen (secondary N) is 1. The van der Waals surface area contributed by atoms with Crippen LogP contribution in [0.3, 0.4) is 0 Å². The van der Waals surface area contributed by atoms with Crippen molar-refractivity contribution >= 4 is 33.1 Å². The second kappa shape index (κ2) is 8.39. The Hall–Kier alpha value is -3.01. The number of rotatable bonds is 7. The van der Waals surface area contributed by atoms with Gasteiger partial charge in [0.25, 0.3) is 5.91 Å². The number of amides is 1. The fourth-order valence-corrected chi connectivity index (χ4v) is 4.95. The molecule has 2 fully saturated rings. The highest BCUT2D eigenvalue weighted by atomic mass is 32.2. The van der Waals surface area contributed by atoms with Crippen LogP contribution in [-0.4, -0.2) is 41.4 Å². The molecule has 158 valence electrons. The third-order valence-corrected chi connectivity index (χ3v) is 7.42. The molecule has 1 aromatic carbocycles. The Morgan fingerprint density at radius 1 is 1.07 bits per heavy atom. The van der Waals surface area contributed by atoms with Crippen molar-refractivity contribution in [2.24, 2.45) is 5.16 Å². The number of oxime groups is 1. The van der Waals surface area contributed by atoms with Crippen LogP contribution in [0.5, 0.6) is 0 Å². The molecule has 9 nitrogen and oxygen atoms in total. The van der Waals surface area contributed by atoms with Crippen LogP contribution in [0.1, 0.15) is 44.1 Å². The number of sulfone groups is 1. The van der Waals surface area contributed by atoms with Gasteiger partial charge in [-0.25, -0.2) is 18.4 Å². The lowest BCUT2D eigenvalue weighted by Crippen LogP contribution is -2.25. The number of nitrogens with zero attached hydrogens (tertiary/aromatic N) is 3. The fraction of sp³-hybridized carbons (Fsp3) is 0.400. The molecule has 1 amide bonds. The van der Waals surface area contributed by atoms with Gasteiger partial charge in [0, 0.05) is 5.56 Å². The molecule has 0 spiro atoms. The maximum Gasteiger partial charge on any atom is 0.279 e. The minimum absolute atomic E-state index is 0.0290. The highest BCUT2D eigenvalue weighted by Gasteiger charge is 2.36. The first-order valence-electron chi connectivity index (χ1n) is 9.90. The summed E-state index contributed by atoms with van der Waals surface area (Å²) < 4.78 is 24.8. The average Bonchev–Trinajstić information content (AvgIpc) is 3.48. The third-order valence-electron chi connectivity index (χ3n) is 5.14. The zero-order valence-corrected chi connectivity index (χ0v) is 17.1. The lowest BCUT2D eigenvalue weighted by atomic mass is 10.1. The molecule has 2 aliphatic rings. The van der Waals surface area contributed by atoms with Crippen molar-refractivity contribution < 1.29 is 18.0 Å². The van der Waals surface area contributed by atoms with E-state index >= 15 is 0 Å². The number of benzene rings is 1. The highest BCUT2D eigenvalue weighted by molar-refractivity contribution is 7.92. The molecule has 0 radical (unpaired) electrons. The van der Waals surface area contributed by atoms with Crippen LogP contribution < -0.4 is 11.1 Å². The number of nitrogens with two attached hydrogens (primary N) is 1. The van der Waals surface area contributed by atoms with Crippen molar-refractivity contribution in [1.82, 2.24) is 9.97 Å². The van der Waals surface area contributed by atoms with E-state index in [4.69, 9.17) is 10.6 Å². The van der Waals surface area contributed by atoms with Crippen LogP contribution >= 0.6 is 0 Å². The first-order valence-corrected chi connectivity index (χ1v) is 11.4. The molecule has 0 atom stereocenters. The molecule has 0 aliphatic heterocycles. The molecular weight excluding hydrogens is 406 g/mol. The second-order valence-electron chi connectivity index (χ2n) is 7.50. The second-order valence-corrected chi connectivity index (χ2v) is 9.73. The number of aromatic nitrogens is 2. The normalized spacial score (nSPS) is 17.7. The van der Waals surface area contributed by atoms with E-state index in [1.165, 1.54) is 24.5 Å². The average molecular weight is 430 g/mol. The molecule has 2 aromatic rings. The predicted molar refractivity (Wildman–Crippen MR) is 112 cm³/mol. The van der Waals surface area contributed by atoms with Crippen molar-refractivity contribution in [2.45, 2.75) is 54.8 Å². The monoisotopic (exact) mass is 429 g/mol. The lowest BCUT2D eigenvalue weighted by molar-refractivity contribution is -0.110. The van der Waals surface area contributed by atoms with Gasteiger partial charge in [0.15, 0.2) is 21.4 Å². The van der Waals surface area contributed by atoms with E-state index in [-0.39, 0.29) is 33.6 Å². The first kappa shape index (κ1) is 20.3. The van der Waals surface area contributed by atoms with Crippen molar-refractivity contribution in [3.05, 3.63) is 42.2 Å². The van der Waals surface area contributed by atoms with Crippen LogP contribution in [0.15, 0.2) is 46.7 Å². The van der Waals surface area contributed by atoms with E-state index in [9.17, 15) is 13.2 Å². The summed E-state index contributed by atoms with van der Waals surface area (Å²) in [6, 6.07) is 6.15. The lowest BCUT2D eigenvalue weighted by Gasteiger charge is -2.11. The van der Waals surface area contributed by atoms with Gasteiger partial charge in [-0.1, -0.05) is 17.3 Å². The van der Waals surface area contributed by atoms with Crippen molar-refractivity contribution in [2.75, 3.05) is 11.1 Å². The van der Waals surface area contributed by atoms with Crippen LogP contribution in [0.2, 0.25) is 0 Å². The molecule has 0 unspecified atom stereocenters. The molecule has 2 aliphatic carbocycles. The number of nitrogen functional groups attached to an aromatic ring is 1. The van der Waals surface area contributed by atoms with Gasteiger partial charge in [0.2, 0.25) is 0 Å². The topological polar surface area (TPSA) is 137 Å². The summed E-state index contributed by atoms with van der Waals surface area (Å²) in [5.74, 6) is -0.0838. The molecule has 30 heavy (non-hydrogen) atoms. The largest absolute Gasteiger partial charge is 0.392 e. The molecule has 3 N–H and O–H groups in total. The minimum Gasteiger partial charge on any atom is -0.392 e. The van der Waals surface area contributed by atoms with Crippen LogP contribution in [-0.2, 0) is 19.5 Å². The number of anilines is 2. The number of carbonyl (C=O) groups excluding carboxylic acids is 1. The SMILES string of the molecule is Nc1cnc(NC(=O)C(=NOC2CCCC2)c2ccc(S(=O)(=O)C3CC3)cc2)cn1. The summed E-state index contributed by atoms with van der Waals surface area (Å²) >= 11 is 0. The number of hydrogen-bond donors (Lipinski definition) is 2. The van der Waals surface area contributed by atoms with Gasteiger partial charge >= 0.3 is 0 Å². The Kier molecular flexibility index (Phi) is 5.67. The van der Waals surface area contributed by atoms with E-state index in [0.717, 1.165) is 25.7 Å². The van der Waals surface area contributed by atoms with Gasteiger partial charge < -0.3 is 15.9 Å². The Balaban J connectivity index is 1.58. The van der Waals surface area contributed by atoms with Gasteiger partial charge in [0.05, 0.1) is 22.5 Å². The van der Waals surface area contributed by atoms with Crippen LogP contribution in [0.25, 0.3) is 0 Å². The number of carbonyl (C=O) groups is 1. The Morgan fingerprint density at radius 3 is 2.37 bits per heavy atom. The summed E-state index contributed by atoms with van der Waals surface area (Å²) in [6.07, 6.45) is 7.94. The van der Waals surface area contributed by atoms with E-state index in [0.29, 0.717) is 18.4 Å². The quantitative estimate of drug-likeness (QED) is 0.509. The highest BCUT2D eigenvalue weighted by Crippen LogP contribution is 2.33. The van der Waals surface area contributed by atoms with E-state index < -0.39 is 15.7 Å². The molecule has 0 saturated heterocycles. The van der Waals surface area contributed by atoms with Gasteiger partial charge in [-0.2, -0.15) is 0 Å². The van der Waals surface area contributed by atoms with Gasteiger partial charge in [0.1, 0.15) is 11.9 Å². The first-order chi connectivity index (χ1) is 14.4. The summed E-state index contributed by atoms with van der Waals surface area (Å²) in [7, 11) is -3.31. The molecule has 1 heterocycles. The third kappa shape index (κ3) is 4.59. The summed E-state index contributed by atoms with van der Waals surface area (Å²) in [4.78, 5) is 26.6. The molecule has 4 rings (SSSR count). The van der Waals surface area contributed by atoms with E-state index in [1.807, 2.05) is 0 Å². The molecule has 2 saturated carbocycles. The zero-order valence-electron chi connectivity index (χ0n) is 16.3. The van der Waals surface area contributed by atoms with E-state index in [2.05, 4.69) is 20.4 Å². The molecule has 10 heteroatoms. The zero-order chi connectivity index (χ0) is 21.1. The maximum atomic E-state index is 12.9. The van der Waals surface area contributed by atoms with E-state index in [1.54, 1.807) is 12.1 Å². The van der Waals surface area contributed by atoms with Crippen molar-refractivity contribution in [3.8, 4) is 0 Å². The molecular formula is C20H23N5O4S. The fourth-order valence-electron chi connectivity index (χ4n) is 3.30. The summed E-state index contributed by atoms with van der Waals surface area (Å²) in [6.45, 7) is 0. The predicted octanol–water partition coefficient (Wildman–Crippen LogP) is 2.30. The van der Waals surface area contributed by atoms with Crippen LogP contribution in [0.4, 0.5) is 11.6 Å². The van der Waals surface area contributed by atoms with Gasteiger partial charge in [-0.05, 0) is 50.7 Å². The standard InChI is InChI=1S/C20H23N5O4S/c21-17-11-23-18(12-22-17)24-20(26)19(25-29-14-3-1-2-4-14)13-5-7-15(8-6-13)30(27,28)16-9-10-16/h5-8,11-12,14,16H,1-4,9-10H2,(H2,21,22)(H,23,24,26). The summed E-state index contributed by atoms with van der Waals surface area (Å²) in [5.41, 5.74) is 6.01.